The minimum absolute atomic E-state index is 0.0499. The summed E-state index contributed by atoms with van der Waals surface area (Å²) in [5.74, 6) is -0.147. The Morgan fingerprint density at radius 2 is 1.81 bits per heavy atom. The molecular weight excluding hydrogens is 264 g/mol. The molecule has 0 atom stereocenters. The van der Waals surface area contributed by atoms with Crippen LogP contribution in [0.2, 0.25) is 0 Å². The van der Waals surface area contributed by atoms with E-state index in [1.54, 1.807) is 42.5 Å². The molecule has 0 fully saturated rings. The molecule has 1 heterocycles. The predicted molar refractivity (Wildman–Crippen MR) is 82.4 cm³/mol. The number of carbonyl (C=O) groups is 2. The molecular formula is C17H16N2O2. The van der Waals surface area contributed by atoms with Crippen molar-refractivity contribution in [3.05, 3.63) is 59.2 Å². The molecule has 0 saturated heterocycles. The summed E-state index contributed by atoms with van der Waals surface area (Å²) in [7, 11) is 0. The highest BCUT2D eigenvalue weighted by Crippen LogP contribution is 2.37. The lowest BCUT2D eigenvalue weighted by Crippen LogP contribution is -2.27. The zero-order chi connectivity index (χ0) is 15.2. The maximum absolute atomic E-state index is 12.5. The van der Waals surface area contributed by atoms with Crippen LogP contribution < -0.4 is 11.1 Å². The van der Waals surface area contributed by atoms with Gasteiger partial charge >= 0.3 is 0 Å². The molecule has 0 unspecified atom stereocenters. The van der Waals surface area contributed by atoms with Crippen LogP contribution in [0.15, 0.2) is 42.5 Å². The summed E-state index contributed by atoms with van der Waals surface area (Å²) >= 11 is 0. The maximum atomic E-state index is 12.5. The minimum atomic E-state index is -0.624. The number of nitrogens with one attached hydrogen (secondary N) is 1. The Morgan fingerprint density at radius 3 is 2.52 bits per heavy atom. The van der Waals surface area contributed by atoms with Gasteiger partial charge in [0.25, 0.3) is 0 Å². The van der Waals surface area contributed by atoms with Gasteiger partial charge in [0.05, 0.1) is 5.41 Å². The van der Waals surface area contributed by atoms with Gasteiger partial charge in [-0.15, -0.1) is 0 Å². The van der Waals surface area contributed by atoms with Gasteiger partial charge in [-0.1, -0.05) is 12.1 Å². The fraction of sp³-hybridized carbons (Fsp3) is 0.176. The SMILES string of the molecule is CC1(C)C(=O)Nc2ccc(C(=O)c3cccc(N)c3)cc21. The molecule has 4 heteroatoms. The van der Waals surface area contributed by atoms with Gasteiger partial charge in [0.2, 0.25) is 5.91 Å². The summed E-state index contributed by atoms with van der Waals surface area (Å²) in [6, 6.07) is 12.2. The average molecular weight is 280 g/mol. The Labute approximate surface area is 123 Å². The van der Waals surface area contributed by atoms with E-state index in [-0.39, 0.29) is 11.7 Å². The molecule has 3 rings (SSSR count). The van der Waals surface area contributed by atoms with E-state index in [9.17, 15) is 9.59 Å². The fourth-order valence-corrected chi connectivity index (χ4v) is 2.56. The number of fused-ring (bicyclic) bond motifs is 1. The lowest BCUT2D eigenvalue weighted by molar-refractivity contribution is -0.119. The molecule has 0 bridgehead atoms. The van der Waals surface area contributed by atoms with Crippen molar-refractivity contribution in [3.63, 3.8) is 0 Å². The minimum Gasteiger partial charge on any atom is -0.399 e. The molecule has 0 spiro atoms. The molecule has 21 heavy (non-hydrogen) atoms. The van der Waals surface area contributed by atoms with Crippen LogP contribution in [0.4, 0.5) is 11.4 Å². The van der Waals surface area contributed by atoms with Crippen LogP contribution in [-0.2, 0) is 10.2 Å². The zero-order valence-corrected chi connectivity index (χ0v) is 11.9. The first-order valence-corrected chi connectivity index (χ1v) is 6.76. The molecule has 0 radical (unpaired) electrons. The molecule has 2 aromatic carbocycles. The van der Waals surface area contributed by atoms with E-state index >= 15 is 0 Å². The first-order valence-electron chi connectivity index (χ1n) is 6.76. The van der Waals surface area contributed by atoms with E-state index < -0.39 is 5.41 Å². The second kappa shape index (κ2) is 4.45. The van der Waals surface area contributed by atoms with Gasteiger partial charge in [-0.25, -0.2) is 0 Å². The number of carbonyl (C=O) groups excluding carboxylic acids is 2. The van der Waals surface area contributed by atoms with Crippen LogP contribution in [-0.4, -0.2) is 11.7 Å². The Kier molecular flexibility index (Phi) is 2.83. The number of ketones is 1. The lowest BCUT2D eigenvalue weighted by atomic mass is 9.84. The molecule has 4 nitrogen and oxygen atoms in total. The molecule has 106 valence electrons. The number of amides is 1. The number of anilines is 2. The van der Waals surface area contributed by atoms with Gasteiger partial charge in [-0.05, 0) is 49.7 Å². The summed E-state index contributed by atoms with van der Waals surface area (Å²) in [5, 5.41) is 2.83. The monoisotopic (exact) mass is 280 g/mol. The van der Waals surface area contributed by atoms with Crippen molar-refractivity contribution in [2.45, 2.75) is 19.3 Å². The second-order valence-electron chi connectivity index (χ2n) is 5.79. The molecule has 1 aliphatic heterocycles. The first-order chi connectivity index (χ1) is 9.89. The molecule has 3 N–H and O–H groups in total. The molecule has 1 aliphatic rings. The van der Waals surface area contributed by atoms with Crippen molar-refractivity contribution in [2.75, 3.05) is 11.1 Å². The zero-order valence-electron chi connectivity index (χ0n) is 11.9. The van der Waals surface area contributed by atoms with Crippen molar-refractivity contribution in [2.24, 2.45) is 0 Å². The fourth-order valence-electron chi connectivity index (χ4n) is 2.56. The summed E-state index contributed by atoms with van der Waals surface area (Å²) in [6.45, 7) is 3.70. The van der Waals surface area contributed by atoms with Crippen LogP contribution in [0, 0.1) is 0 Å². The lowest BCUT2D eigenvalue weighted by Gasteiger charge is -2.15. The number of nitrogens with two attached hydrogens (primary N) is 1. The van der Waals surface area contributed by atoms with Gasteiger partial charge in [-0.3, -0.25) is 9.59 Å². The Morgan fingerprint density at radius 1 is 1.10 bits per heavy atom. The third-order valence-corrected chi connectivity index (χ3v) is 3.92. The van der Waals surface area contributed by atoms with Crippen molar-refractivity contribution >= 4 is 23.1 Å². The summed E-state index contributed by atoms with van der Waals surface area (Å²) < 4.78 is 0. The van der Waals surface area contributed by atoms with Crippen molar-refractivity contribution < 1.29 is 9.59 Å². The highest BCUT2D eigenvalue weighted by molar-refractivity contribution is 6.11. The standard InChI is InChI=1S/C17H16N2O2/c1-17(2)13-9-11(6-7-14(13)19-16(17)21)15(20)10-4-3-5-12(18)8-10/h3-9H,18H2,1-2H3,(H,19,21). The number of hydrogen-bond acceptors (Lipinski definition) is 3. The molecule has 0 saturated carbocycles. The van der Waals surface area contributed by atoms with E-state index in [0.717, 1.165) is 11.3 Å². The highest BCUT2D eigenvalue weighted by atomic mass is 16.2. The Balaban J connectivity index is 2.04. The van der Waals surface area contributed by atoms with Crippen molar-refractivity contribution in [1.82, 2.24) is 0 Å². The molecule has 0 aliphatic carbocycles. The van der Waals surface area contributed by atoms with Crippen LogP contribution >= 0.6 is 0 Å². The smallest absolute Gasteiger partial charge is 0.234 e. The van der Waals surface area contributed by atoms with Crippen LogP contribution in [0.5, 0.6) is 0 Å². The summed E-state index contributed by atoms with van der Waals surface area (Å²) in [4.78, 5) is 24.5. The highest BCUT2D eigenvalue weighted by Gasteiger charge is 2.38. The Bertz CT molecular complexity index is 763. The topological polar surface area (TPSA) is 72.2 Å². The van der Waals surface area contributed by atoms with Crippen molar-refractivity contribution in [3.8, 4) is 0 Å². The molecule has 1 amide bonds. The predicted octanol–water partition coefficient (Wildman–Crippen LogP) is 2.73. The van der Waals surface area contributed by atoms with Crippen LogP contribution in [0.3, 0.4) is 0 Å². The van der Waals surface area contributed by atoms with E-state index in [1.807, 2.05) is 13.8 Å². The molecule has 2 aromatic rings. The molecule has 0 aromatic heterocycles. The van der Waals surface area contributed by atoms with E-state index in [1.165, 1.54) is 0 Å². The second-order valence-corrected chi connectivity index (χ2v) is 5.79. The van der Waals surface area contributed by atoms with Gasteiger partial charge in [0.15, 0.2) is 5.78 Å². The number of hydrogen-bond donors (Lipinski definition) is 2. The third-order valence-electron chi connectivity index (χ3n) is 3.92. The third kappa shape index (κ3) is 2.09. The normalized spacial score (nSPS) is 15.4. The van der Waals surface area contributed by atoms with E-state index in [2.05, 4.69) is 5.32 Å². The van der Waals surface area contributed by atoms with Gasteiger partial charge < -0.3 is 11.1 Å². The number of nitrogen functional groups attached to an aromatic ring is 1. The van der Waals surface area contributed by atoms with Crippen molar-refractivity contribution in [1.29, 1.82) is 0 Å². The summed E-state index contributed by atoms with van der Waals surface area (Å²) in [6.07, 6.45) is 0. The van der Waals surface area contributed by atoms with Crippen LogP contribution in [0.1, 0.15) is 35.3 Å². The maximum Gasteiger partial charge on any atom is 0.234 e. The quantitative estimate of drug-likeness (QED) is 0.656. The largest absolute Gasteiger partial charge is 0.399 e. The number of rotatable bonds is 2. The van der Waals surface area contributed by atoms with Gasteiger partial charge in [0.1, 0.15) is 0 Å². The van der Waals surface area contributed by atoms with Gasteiger partial charge in [0, 0.05) is 22.5 Å². The average Bonchev–Trinajstić information content (AvgIpc) is 2.68. The van der Waals surface area contributed by atoms with Crippen LogP contribution in [0.25, 0.3) is 0 Å². The Hall–Kier alpha value is -2.62. The van der Waals surface area contributed by atoms with E-state index in [0.29, 0.717) is 16.8 Å². The number of benzene rings is 2. The van der Waals surface area contributed by atoms with E-state index in [4.69, 9.17) is 5.73 Å². The first kappa shape index (κ1) is 13.4. The van der Waals surface area contributed by atoms with Gasteiger partial charge in [-0.2, -0.15) is 0 Å². The summed E-state index contributed by atoms with van der Waals surface area (Å²) in [5.41, 5.74) is 8.38.